The van der Waals surface area contributed by atoms with Gasteiger partial charge in [0, 0.05) is 12.5 Å². The maximum atomic E-state index is 11.8. The number of aromatic nitrogens is 3. The first-order valence-corrected chi connectivity index (χ1v) is 7.60. The van der Waals surface area contributed by atoms with Crippen molar-refractivity contribution in [1.29, 1.82) is 0 Å². The standard InChI is InChI=1S/C15H25N3O2/c1-4-12-5-7-15(8-6-12,14(19)20)9-13-16-10-17-18(13)11(2)3/h10-12H,4-9H2,1-3H3,(H,19,20). The molecule has 1 heterocycles. The second-order valence-corrected chi connectivity index (χ2v) is 6.33. The minimum Gasteiger partial charge on any atom is -0.481 e. The lowest BCUT2D eigenvalue weighted by Gasteiger charge is -2.36. The van der Waals surface area contributed by atoms with Crippen molar-refractivity contribution in [3.05, 3.63) is 12.2 Å². The van der Waals surface area contributed by atoms with Crippen molar-refractivity contribution in [2.45, 2.75) is 65.3 Å². The Morgan fingerprint density at radius 2 is 2.15 bits per heavy atom. The van der Waals surface area contributed by atoms with E-state index in [1.807, 2.05) is 18.5 Å². The molecule has 1 aromatic heterocycles. The Morgan fingerprint density at radius 1 is 1.50 bits per heavy atom. The summed E-state index contributed by atoms with van der Waals surface area (Å²) in [5.74, 6) is 0.813. The third-order valence-corrected chi connectivity index (χ3v) is 4.73. The number of nitrogens with zero attached hydrogens (tertiary/aromatic N) is 3. The van der Waals surface area contributed by atoms with Crippen LogP contribution in [0.2, 0.25) is 0 Å². The van der Waals surface area contributed by atoms with Gasteiger partial charge in [-0.2, -0.15) is 5.10 Å². The molecule has 0 spiro atoms. The number of aliphatic carboxylic acids is 1. The summed E-state index contributed by atoms with van der Waals surface area (Å²) in [6.45, 7) is 6.27. The number of carbonyl (C=O) groups is 1. The summed E-state index contributed by atoms with van der Waals surface area (Å²) in [5, 5.41) is 13.9. The summed E-state index contributed by atoms with van der Waals surface area (Å²) in [7, 11) is 0. The first-order valence-electron chi connectivity index (χ1n) is 7.60. The molecule has 0 atom stereocenters. The molecular formula is C15H25N3O2. The number of carboxylic acid groups (broad SMARTS) is 1. The fourth-order valence-corrected chi connectivity index (χ4v) is 3.24. The predicted octanol–water partition coefficient (Wildman–Crippen LogP) is 3.07. The molecule has 0 aliphatic heterocycles. The summed E-state index contributed by atoms with van der Waals surface area (Å²) in [4.78, 5) is 16.1. The van der Waals surface area contributed by atoms with Crippen molar-refractivity contribution in [3.8, 4) is 0 Å². The molecule has 0 amide bonds. The Hall–Kier alpha value is -1.39. The van der Waals surface area contributed by atoms with E-state index in [0.29, 0.717) is 12.3 Å². The van der Waals surface area contributed by atoms with E-state index in [1.54, 1.807) is 0 Å². The quantitative estimate of drug-likeness (QED) is 0.899. The van der Waals surface area contributed by atoms with Crippen molar-refractivity contribution in [3.63, 3.8) is 0 Å². The van der Waals surface area contributed by atoms with Crippen LogP contribution in [-0.2, 0) is 11.2 Å². The zero-order chi connectivity index (χ0) is 14.8. The monoisotopic (exact) mass is 279 g/mol. The SMILES string of the molecule is CCC1CCC(Cc2ncnn2C(C)C)(C(=O)O)CC1. The molecule has 5 nitrogen and oxygen atoms in total. The van der Waals surface area contributed by atoms with Gasteiger partial charge in [-0.3, -0.25) is 4.79 Å². The summed E-state index contributed by atoms with van der Waals surface area (Å²) in [6, 6.07) is 0.213. The molecule has 1 N–H and O–H groups in total. The molecule has 1 saturated carbocycles. The third-order valence-electron chi connectivity index (χ3n) is 4.73. The molecule has 20 heavy (non-hydrogen) atoms. The van der Waals surface area contributed by atoms with E-state index < -0.39 is 11.4 Å². The summed E-state index contributed by atoms with van der Waals surface area (Å²) < 4.78 is 1.84. The minimum atomic E-state index is -0.676. The number of hydrogen-bond donors (Lipinski definition) is 1. The fourth-order valence-electron chi connectivity index (χ4n) is 3.24. The summed E-state index contributed by atoms with van der Waals surface area (Å²) >= 11 is 0. The molecule has 0 bridgehead atoms. The molecule has 1 aromatic rings. The van der Waals surface area contributed by atoms with Crippen LogP contribution in [0.25, 0.3) is 0 Å². The van der Waals surface area contributed by atoms with Crippen molar-refractivity contribution in [2.24, 2.45) is 11.3 Å². The van der Waals surface area contributed by atoms with Gasteiger partial charge in [0.2, 0.25) is 0 Å². The zero-order valence-electron chi connectivity index (χ0n) is 12.7. The molecule has 1 aliphatic rings. The average molecular weight is 279 g/mol. The topological polar surface area (TPSA) is 68.0 Å². The van der Waals surface area contributed by atoms with Crippen LogP contribution in [0, 0.1) is 11.3 Å². The van der Waals surface area contributed by atoms with Gasteiger partial charge in [0.05, 0.1) is 5.41 Å². The average Bonchev–Trinajstić information content (AvgIpc) is 2.87. The maximum absolute atomic E-state index is 11.8. The lowest BCUT2D eigenvalue weighted by Crippen LogP contribution is -2.38. The number of carboxylic acids is 1. The Balaban J connectivity index is 2.18. The number of rotatable bonds is 5. The lowest BCUT2D eigenvalue weighted by molar-refractivity contribution is -0.151. The van der Waals surface area contributed by atoms with Crippen LogP contribution in [0.3, 0.4) is 0 Å². The van der Waals surface area contributed by atoms with Gasteiger partial charge in [0.15, 0.2) is 0 Å². The van der Waals surface area contributed by atoms with Crippen LogP contribution in [0.5, 0.6) is 0 Å². The first kappa shape index (κ1) is 15.0. The van der Waals surface area contributed by atoms with Crippen molar-refractivity contribution >= 4 is 5.97 Å². The molecular weight excluding hydrogens is 254 g/mol. The second-order valence-electron chi connectivity index (χ2n) is 6.33. The van der Waals surface area contributed by atoms with Crippen molar-refractivity contribution in [2.75, 3.05) is 0 Å². The smallest absolute Gasteiger partial charge is 0.310 e. The van der Waals surface area contributed by atoms with Gasteiger partial charge < -0.3 is 5.11 Å². The Bertz CT molecular complexity index is 459. The molecule has 0 radical (unpaired) electrons. The molecule has 0 unspecified atom stereocenters. The molecule has 2 rings (SSSR count). The van der Waals surface area contributed by atoms with Crippen LogP contribution >= 0.6 is 0 Å². The maximum Gasteiger partial charge on any atom is 0.310 e. The minimum absolute atomic E-state index is 0.213. The van der Waals surface area contributed by atoms with E-state index in [2.05, 4.69) is 17.0 Å². The van der Waals surface area contributed by atoms with Crippen molar-refractivity contribution in [1.82, 2.24) is 14.8 Å². The Labute approximate surface area is 120 Å². The Morgan fingerprint density at radius 3 is 2.65 bits per heavy atom. The van der Waals surface area contributed by atoms with E-state index in [0.717, 1.165) is 37.9 Å². The second kappa shape index (κ2) is 5.94. The van der Waals surface area contributed by atoms with Crippen molar-refractivity contribution < 1.29 is 9.90 Å². The highest BCUT2D eigenvalue weighted by Crippen LogP contribution is 2.42. The van der Waals surface area contributed by atoms with Crippen LogP contribution < -0.4 is 0 Å². The van der Waals surface area contributed by atoms with Gasteiger partial charge in [0.1, 0.15) is 12.2 Å². The van der Waals surface area contributed by atoms with E-state index in [-0.39, 0.29) is 6.04 Å². The largest absolute Gasteiger partial charge is 0.481 e. The highest BCUT2D eigenvalue weighted by Gasteiger charge is 2.42. The molecule has 0 aromatic carbocycles. The van der Waals surface area contributed by atoms with E-state index in [4.69, 9.17) is 0 Å². The predicted molar refractivity (Wildman–Crippen MR) is 76.4 cm³/mol. The third kappa shape index (κ3) is 2.86. The first-order chi connectivity index (χ1) is 9.48. The molecule has 0 saturated heterocycles. The molecule has 1 fully saturated rings. The summed E-state index contributed by atoms with van der Waals surface area (Å²) in [5.41, 5.74) is -0.647. The summed E-state index contributed by atoms with van der Waals surface area (Å²) in [6.07, 6.45) is 6.71. The van der Waals surface area contributed by atoms with E-state index in [1.165, 1.54) is 6.33 Å². The van der Waals surface area contributed by atoms with Gasteiger partial charge >= 0.3 is 5.97 Å². The van der Waals surface area contributed by atoms with Gasteiger partial charge in [0.25, 0.3) is 0 Å². The highest BCUT2D eigenvalue weighted by molar-refractivity contribution is 5.75. The fraction of sp³-hybridized carbons (Fsp3) is 0.800. The highest BCUT2D eigenvalue weighted by atomic mass is 16.4. The van der Waals surface area contributed by atoms with Crippen LogP contribution in [0.15, 0.2) is 6.33 Å². The zero-order valence-corrected chi connectivity index (χ0v) is 12.7. The van der Waals surface area contributed by atoms with Gasteiger partial charge in [-0.1, -0.05) is 13.3 Å². The van der Waals surface area contributed by atoms with Gasteiger partial charge in [-0.05, 0) is 45.4 Å². The normalized spacial score (nSPS) is 26.9. The number of hydrogen-bond acceptors (Lipinski definition) is 3. The molecule has 112 valence electrons. The molecule has 1 aliphatic carbocycles. The van der Waals surface area contributed by atoms with Crippen LogP contribution in [-0.4, -0.2) is 25.8 Å². The van der Waals surface area contributed by atoms with Crippen LogP contribution in [0.4, 0.5) is 0 Å². The lowest BCUT2D eigenvalue weighted by atomic mass is 9.68. The van der Waals surface area contributed by atoms with E-state index >= 15 is 0 Å². The Kier molecular flexibility index (Phi) is 4.45. The van der Waals surface area contributed by atoms with E-state index in [9.17, 15) is 9.90 Å². The van der Waals surface area contributed by atoms with Crippen LogP contribution in [0.1, 0.15) is 64.7 Å². The van der Waals surface area contributed by atoms with Gasteiger partial charge in [-0.15, -0.1) is 0 Å². The molecule has 5 heteroatoms. The van der Waals surface area contributed by atoms with Gasteiger partial charge in [-0.25, -0.2) is 9.67 Å².